The van der Waals surface area contributed by atoms with Gasteiger partial charge in [0.1, 0.15) is 5.52 Å². The largest absolute Gasteiger partial charge is 0.330 e. The molecule has 0 aliphatic rings. The molecule has 2 N–H and O–H groups in total. The molecule has 74 valence electrons. The third-order valence-electron chi connectivity index (χ3n) is 2.23. The standard InChI is InChI=1S/C10H13N3S/c11-6-2-1-3-8-4-5-10-9(7-8)12-13-14-10/h4-5,7H,1-3,6,11H2. The quantitative estimate of drug-likeness (QED) is 0.780. The van der Waals surface area contributed by atoms with Crippen molar-refractivity contribution in [2.45, 2.75) is 19.3 Å². The molecule has 2 rings (SSSR count). The van der Waals surface area contributed by atoms with Crippen LogP contribution in [-0.2, 0) is 6.42 Å². The smallest absolute Gasteiger partial charge is 0.106 e. The predicted molar refractivity (Wildman–Crippen MR) is 59.4 cm³/mol. The maximum atomic E-state index is 5.45. The number of nitrogens with two attached hydrogens (primary N) is 1. The fraction of sp³-hybridized carbons (Fsp3) is 0.400. The lowest BCUT2D eigenvalue weighted by Crippen LogP contribution is -1.98. The van der Waals surface area contributed by atoms with Crippen molar-refractivity contribution in [1.29, 1.82) is 0 Å². The Balaban J connectivity index is 2.10. The van der Waals surface area contributed by atoms with E-state index in [0.29, 0.717) is 0 Å². The Morgan fingerprint density at radius 2 is 2.21 bits per heavy atom. The maximum absolute atomic E-state index is 5.45. The van der Waals surface area contributed by atoms with Crippen LogP contribution in [0.15, 0.2) is 18.2 Å². The Labute approximate surface area is 87.1 Å². The van der Waals surface area contributed by atoms with Crippen LogP contribution in [0.1, 0.15) is 18.4 Å². The molecule has 0 aliphatic carbocycles. The number of aryl methyl sites for hydroxylation is 1. The summed E-state index contributed by atoms with van der Waals surface area (Å²) in [5, 5.41) is 4.05. The van der Waals surface area contributed by atoms with Gasteiger partial charge in [-0.05, 0) is 55.0 Å². The highest BCUT2D eigenvalue weighted by Crippen LogP contribution is 2.17. The Morgan fingerprint density at radius 1 is 1.29 bits per heavy atom. The van der Waals surface area contributed by atoms with Gasteiger partial charge in [-0.15, -0.1) is 5.10 Å². The van der Waals surface area contributed by atoms with Crippen LogP contribution in [0.25, 0.3) is 10.2 Å². The van der Waals surface area contributed by atoms with Gasteiger partial charge < -0.3 is 5.73 Å². The molecule has 14 heavy (non-hydrogen) atoms. The number of aromatic nitrogens is 2. The van der Waals surface area contributed by atoms with Gasteiger partial charge in [0.2, 0.25) is 0 Å². The van der Waals surface area contributed by atoms with Crippen molar-refractivity contribution in [1.82, 2.24) is 9.59 Å². The van der Waals surface area contributed by atoms with E-state index in [1.54, 1.807) is 0 Å². The van der Waals surface area contributed by atoms with Crippen molar-refractivity contribution in [3.05, 3.63) is 23.8 Å². The van der Waals surface area contributed by atoms with E-state index in [-0.39, 0.29) is 0 Å². The molecule has 0 unspecified atom stereocenters. The van der Waals surface area contributed by atoms with Crippen LogP contribution in [0.5, 0.6) is 0 Å². The lowest BCUT2D eigenvalue weighted by atomic mass is 10.1. The maximum Gasteiger partial charge on any atom is 0.106 e. The first-order valence-corrected chi connectivity index (χ1v) is 5.58. The fourth-order valence-electron chi connectivity index (χ4n) is 1.46. The van der Waals surface area contributed by atoms with Crippen molar-refractivity contribution >= 4 is 21.7 Å². The van der Waals surface area contributed by atoms with Crippen LogP contribution in [0, 0.1) is 0 Å². The van der Waals surface area contributed by atoms with Crippen LogP contribution in [0.2, 0.25) is 0 Å². The summed E-state index contributed by atoms with van der Waals surface area (Å²) in [6.45, 7) is 0.778. The van der Waals surface area contributed by atoms with Gasteiger partial charge in [-0.2, -0.15) is 0 Å². The van der Waals surface area contributed by atoms with Crippen LogP contribution in [0.3, 0.4) is 0 Å². The summed E-state index contributed by atoms with van der Waals surface area (Å²) in [5.74, 6) is 0. The van der Waals surface area contributed by atoms with Gasteiger partial charge in [0.05, 0.1) is 4.70 Å². The van der Waals surface area contributed by atoms with Crippen molar-refractivity contribution < 1.29 is 0 Å². The summed E-state index contributed by atoms with van der Waals surface area (Å²) in [6, 6.07) is 6.37. The van der Waals surface area contributed by atoms with E-state index in [4.69, 9.17) is 5.73 Å². The molecule has 0 bridgehead atoms. The molecule has 2 aromatic rings. The second-order valence-electron chi connectivity index (χ2n) is 3.32. The Bertz CT molecular complexity index is 410. The highest BCUT2D eigenvalue weighted by molar-refractivity contribution is 7.12. The number of hydrogen-bond donors (Lipinski definition) is 1. The second kappa shape index (κ2) is 4.48. The van der Waals surface area contributed by atoms with E-state index in [2.05, 4.69) is 27.8 Å². The molecule has 0 spiro atoms. The minimum absolute atomic E-state index is 0.778. The number of nitrogens with zero attached hydrogens (tertiary/aromatic N) is 2. The number of rotatable bonds is 4. The molecule has 0 atom stereocenters. The second-order valence-corrected chi connectivity index (χ2v) is 4.11. The highest BCUT2D eigenvalue weighted by atomic mass is 32.1. The fourth-order valence-corrected chi connectivity index (χ4v) is 1.99. The highest BCUT2D eigenvalue weighted by Gasteiger charge is 1.99. The molecule has 0 saturated carbocycles. The number of unbranched alkanes of at least 4 members (excludes halogenated alkanes) is 1. The number of benzene rings is 1. The third-order valence-corrected chi connectivity index (χ3v) is 2.94. The first-order chi connectivity index (χ1) is 6.90. The minimum atomic E-state index is 0.778. The van der Waals surface area contributed by atoms with Gasteiger partial charge in [0, 0.05) is 0 Å². The SMILES string of the molecule is NCCCCc1ccc2snnc2c1. The molecule has 1 heterocycles. The Kier molecular flexibility index (Phi) is 3.06. The molecule has 1 aromatic carbocycles. The monoisotopic (exact) mass is 207 g/mol. The first kappa shape index (κ1) is 9.55. The van der Waals surface area contributed by atoms with Gasteiger partial charge in [0.15, 0.2) is 0 Å². The zero-order chi connectivity index (χ0) is 9.80. The summed E-state index contributed by atoms with van der Waals surface area (Å²) in [5.41, 5.74) is 7.79. The average molecular weight is 207 g/mol. The normalized spacial score (nSPS) is 10.9. The molecule has 4 heteroatoms. The summed E-state index contributed by atoms with van der Waals surface area (Å²) >= 11 is 1.44. The summed E-state index contributed by atoms with van der Waals surface area (Å²) in [6.07, 6.45) is 3.33. The van der Waals surface area contributed by atoms with E-state index in [9.17, 15) is 0 Å². The van der Waals surface area contributed by atoms with Crippen LogP contribution < -0.4 is 5.73 Å². The summed E-state index contributed by atoms with van der Waals surface area (Å²) in [7, 11) is 0. The topological polar surface area (TPSA) is 51.8 Å². The van der Waals surface area contributed by atoms with Crippen molar-refractivity contribution in [3.63, 3.8) is 0 Å². The Morgan fingerprint density at radius 3 is 3.07 bits per heavy atom. The van der Waals surface area contributed by atoms with E-state index in [1.807, 2.05) is 0 Å². The molecule has 3 nitrogen and oxygen atoms in total. The molecule has 0 aliphatic heterocycles. The molecule has 1 aromatic heterocycles. The molecular weight excluding hydrogens is 194 g/mol. The molecule has 0 radical (unpaired) electrons. The van der Waals surface area contributed by atoms with E-state index in [0.717, 1.165) is 36.0 Å². The minimum Gasteiger partial charge on any atom is -0.330 e. The molecule has 0 fully saturated rings. The Hall–Kier alpha value is -1.00. The van der Waals surface area contributed by atoms with Crippen molar-refractivity contribution in [2.24, 2.45) is 5.73 Å². The predicted octanol–water partition coefficient (Wildman–Crippen LogP) is 1.97. The van der Waals surface area contributed by atoms with Crippen molar-refractivity contribution in [2.75, 3.05) is 6.54 Å². The lowest BCUT2D eigenvalue weighted by Gasteiger charge is -1.99. The zero-order valence-corrected chi connectivity index (χ0v) is 8.76. The van der Waals surface area contributed by atoms with Gasteiger partial charge in [-0.25, -0.2) is 0 Å². The van der Waals surface area contributed by atoms with E-state index in [1.165, 1.54) is 17.1 Å². The summed E-state index contributed by atoms with van der Waals surface area (Å²) < 4.78 is 5.07. The lowest BCUT2D eigenvalue weighted by molar-refractivity contribution is 0.745. The molecule has 0 saturated heterocycles. The first-order valence-electron chi connectivity index (χ1n) is 4.81. The van der Waals surface area contributed by atoms with Gasteiger partial charge in [0.25, 0.3) is 0 Å². The number of fused-ring (bicyclic) bond motifs is 1. The van der Waals surface area contributed by atoms with Crippen LogP contribution >= 0.6 is 11.5 Å². The third kappa shape index (κ3) is 2.08. The zero-order valence-electron chi connectivity index (χ0n) is 7.94. The van der Waals surface area contributed by atoms with Crippen molar-refractivity contribution in [3.8, 4) is 0 Å². The average Bonchev–Trinajstić information content (AvgIpc) is 2.65. The molecule has 0 amide bonds. The van der Waals surface area contributed by atoms with E-state index < -0.39 is 0 Å². The van der Waals surface area contributed by atoms with Crippen LogP contribution in [-0.4, -0.2) is 16.1 Å². The van der Waals surface area contributed by atoms with Gasteiger partial charge in [-0.1, -0.05) is 10.6 Å². The number of hydrogen-bond acceptors (Lipinski definition) is 4. The summed E-state index contributed by atoms with van der Waals surface area (Å²) in [4.78, 5) is 0. The molecular formula is C10H13N3S. The van der Waals surface area contributed by atoms with E-state index >= 15 is 0 Å². The van der Waals surface area contributed by atoms with Gasteiger partial charge in [-0.3, -0.25) is 0 Å². The van der Waals surface area contributed by atoms with Gasteiger partial charge >= 0.3 is 0 Å². The van der Waals surface area contributed by atoms with Crippen LogP contribution in [0.4, 0.5) is 0 Å².